The van der Waals surface area contributed by atoms with Gasteiger partial charge in [0.2, 0.25) is 0 Å². The number of aliphatic hydroxyl groups excluding tert-OH is 2. The SMILES string of the molecule is CC(CO)(COCCOCC(C)(CO)COCC(F)(F)CC(F)(F)F)COCCC(F)(F)C(F)(F)F. The Hall–Kier alpha value is -0.940. The van der Waals surface area contributed by atoms with Gasteiger partial charge in [0.25, 0.3) is 5.92 Å². The van der Waals surface area contributed by atoms with Crippen molar-refractivity contribution < 1.29 is 73.1 Å². The van der Waals surface area contributed by atoms with Crippen LogP contribution in [0.1, 0.15) is 26.7 Å². The molecule has 0 amide bonds. The summed E-state index contributed by atoms with van der Waals surface area (Å²) in [6, 6.07) is 0. The summed E-state index contributed by atoms with van der Waals surface area (Å²) in [6.07, 6.45) is -14.7. The average molecular weight is 558 g/mol. The third kappa shape index (κ3) is 14.7. The van der Waals surface area contributed by atoms with Gasteiger partial charge in [-0.2, -0.15) is 35.1 Å². The molecule has 0 heterocycles. The summed E-state index contributed by atoms with van der Waals surface area (Å²) in [4.78, 5) is 0. The van der Waals surface area contributed by atoms with Crippen molar-refractivity contribution in [1.82, 2.24) is 0 Å². The van der Waals surface area contributed by atoms with Crippen molar-refractivity contribution >= 4 is 0 Å². The third-order valence-electron chi connectivity index (χ3n) is 4.68. The van der Waals surface area contributed by atoms with E-state index in [1.807, 2.05) is 0 Å². The lowest BCUT2D eigenvalue weighted by atomic mass is 9.94. The number of hydrogen-bond donors (Lipinski definition) is 2. The summed E-state index contributed by atoms with van der Waals surface area (Å²) in [5, 5.41) is 18.9. The van der Waals surface area contributed by atoms with Gasteiger partial charge >= 0.3 is 18.3 Å². The standard InChI is InChI=1S/C20H32F10O6/c1-15(8-31,10-33-4-3-18(23,24)20(28,29)30)11-34-5-6-35-12-16(2,9-32)13-36-14-17(21,22)7-19(25,26)27/h31-32H,3-14H2,1-2H3. The summed E-state index contributed by atoms with van der Waals surface area (Å²) >= 11 is 0. The maximum atomic E-state index is 13.3. The smallest absolute Gasteiger partial charge is 0.396 e. The lowest BCUT2D eigenvalue weighted by Crippen LogP contribution is -2.38. The Balaban J connectivity index is 4.28. The minimum atomic E-state index is -5.70. The van der Waals surface area contributed by atoms with Crippen LogP contribution in [-0.2, 0) is 18.9 Å². The Labute approximate surface area is 201 Å². The van der Waals surface area contributed by atoms with Crippen molar-refractivity contribution in [3.63, 3.8) is 0 Å². The van der Waals surface area contributed by atoms with Crippen LogP contribution in [0.15, 0.2) is 0 Å². The second kappa shape index (κ2) is 14.3. The highest BCUT2D eigenvalue weighted by molar-refractivity contribution is 4.77. The molecule has 2 unspecified atom stereocenters. The maximum Gasteiger partial charge on any atom is 0.453 e. The summed E-state index contributed by atoms with van der Waals surface area (Å²) in [6.45, 7) is -2.22. The minimum absolute atomic E-state index is 0.0895. The summed E-state index contributed by atoms with van der Waals surface area (Å²) < 4.78 is 145. The zero-order chi connectivity index (χ0) is 28.3. The zero-order valence-corrected chi connectivity index (χ0v) is 19.8. The van der Waals surface area contributed by atoms with Crippen LogP contribution in [0.2, 0.25) is 0 Å². The van der Waals surface area contributed by atoms with E-state index in [2.05, 4.69) is 4.74 Å². The molecule has 0 aromatic rings. The van der Waals surface area contributed by atoms with E-state index in [1.54, 1.807) is 0 Å². The van der Waals surface area contributed by atoms with Crippen LogP contribution in [-0.4, -0.2) is 100 Å². The van der Waals surface area contributed by atoms with Gasteiger partial charge in [-0.05, 0) is 0 Å². The fourth-order valence-electron chi connectivity index (χ4n) is 2.47. The highest BCUT2D eigenvalue weighted by atomic mass is 19.4. The van der Waals surface area contributed by atoms with Gasteiger partial charge in [0.05, 0.1) is 59.5 Å². The average Bonchev–Trinajstić information content (AvgIpc) is 2.71. The van der Waals surface area contributed by atoms with Crippen molar-refractivity contribution in [2.75, 3.05) is 66.1 Å². The van der Waals surface area contributed by atoms with Crippen LogP contribution >= 0.6 is 0 Å². The van der Waals surface area contributed by atoms with E-state index in [0.29, 0.717) is 0 Å². The molecule has 36 heavy (non-hydrogen) atoms. The molecule has 0 aromatic heterocycles. The monoisotopic (exact) mass is 558 g/mol. The quantitative estimate of drug-likeness (QED) is 0.183. The molecule has 0 rings (SSSR count). The first kappa shape index (κ1) is 35.1. The zero-order valence-electron chi connectivity index (χ0n) is 19.8. The van der Waals surface area contributed by atoms with Crippen molar-refractivity contribution in [2.45, 2.75) is 50.9 Å². The predicted octanol–water partition coefficient (Wildman–Crippen LogP) is 4.23. The lowest BCUT2D eigenvalue weighted by Gasteiger charge is -2.29. The maximum absolute atomic E-state index is 13.3. The van der Waals surface area contributed by atoms with Crippen LogP contribution < -0.4 is 0 Å². The van der Waals surface area contributed by atoms with Gasteiger partial charge in [-0.3, -0.25) is 0 Å². The molecule has 0 fully saturated rings. The first-order valence-corrected chi connectivity index (χ1v) is 10.6. The molecule has 218 valence electrons. The van der Waals surface area contributed by atoms with Crippen molar-refractivity contribution in [3.05, 3.63) is 0 Å². The Morgan fingerprint density at radius 3 is 1.31 bits per heavy atom. The number of alkyl halides is 10. The van der Waals surface area contributed by atoms with E-state index in [0.717, 1.165) is 0 Å². The Bertz CT molecular complexity index is 617. The van der Waals surface area contributed by atoms with E-state index in [-0.39, 0.29) is 33.0 Å². The number of hydrogen-bond acceptors (Lipinski definition) is 6. The Morgan fingerprint density at radius 2 is 0.944 bits per heavy atom. The van der Waals surface area contributed by atoms with Crippen LogP contribution in [0.3, 0.4) is 0 Å². The molecule has 2 atom stereocenters. The summed E-state index contributed by atoms with van der Waals surface area (Å²) in [7, 11) is 0. The van der Waals surface area contributed by atoms with Crippen LogP contribution in [0.25, 0.3) is 0 Å². The normalized spacial score (nSPS) is 17.2. The fourth-order valence-corrected chi connectivity index (χ4v) is 2.47. The Kier molecular flexibility index (Phi) is 13.9. The first-order chi connectivity index (χ1) is 16.2. The van der Waals surface area contributed by atoms with Crippen LogP contribution in [0.4, 0.5) is 43.9 Å². The highest BCUT2D eigenvalue weighted by Gasteiger charge is 2.56. The predicted molar refractivity (Wildman–Crippen MR) is 105 cm³/mol. The van der Waals surface area contributed by atoms with Crippen molar-refractivity contribution in [3.8, 4) is 0 Å². The Morgan fingerprint density at radius 1 is 0.556 bits per heavy atom. The van der Waals surface area contributed by atoms with Crippen molar-refractivity contribution in [2.24, 2.45) is 10.8 Å². The molecular weight excluding hydrogens is 526 g/mol. The largest absolute Gasteiger partial charge is 0.453 e. The van der Waals surface area contributed by atoms with E-state index < -0.39 is 80.9 Å². The van der Waals surface area contributed by atoms with E-state index >= 15 is 0 Å². The minimum Gasteiger partial charge on any atom is -0.396 e. The molecule has 0 aromatic carbocycles. The summed E-state index contributed by atoms with van der Waals surface area (Å²) in [5.41, 5.74) is -2.33. The number of halogens is 10. The molecule has 0 spiro atoms. The van der Waals surface area contributed by atoms with Crippen LogP contribution in [0, 0.1) is 10.8 Å². The molecular formula is C20H32F10O6. The fraction of sp³-hybridized carbons (Fsp3) is 1.00. The molecule has 0 aliphatic heterocycles. The summed E-state index contributed by atoms with van der Waals surface area (Å²) in [5.74, 6) is -9.04. The van der Waals surface area contributed by atoms with Gasteiger partial charge in [-0.25, -0.2) is 8.78 Å². The van der Waals surface area contributed by atoms with E-state index in [1.165, 1.54) is 13.8 Å². The first-order valence-electron chi connectivity index (χ1n) is 10.6. The molecule has 0 bridgehead atoms. The third-order valence-corrected chi connectivity index (χ3v) is 4.68. The van der Waals surface area contributed by atoms with Gasteiger partial charge in [0, 0.05) is 17.3 Å². The second-order valence-corrected chi connectivity index (χ2v) is 9.19. The van der Waals surface area contributed by atoms with Crippen molar-refractivity contribution in [1.29, 1.82) is 0 Å². The molecule has 0 saturated carbocycles. The molecule has 0 aliphatic carbocycles. The lowest BCUT2D eigenvalue weighted by molar-refractivity contribution is -0.287. The second-order valence-electron chi connectivity index (χ2n) is 9.19. The highest BCUT2D eigenvalue weighted by Crippen LogP contribution is 2.38. The molecule has 0 radical (unpaired) electrons. The number of aliphatic hydroxyl groups is 2. The number of rotatable bonds is 19. The number of ether oxygens (including phenoxy) is 4. The topological polar surface area (TPSA) is 77.4 Å². The van der Waals surface area contributed by atoms with Gasteiger partial charge in [0.1, 0.15) is 13.0 Å². The van der Waals surface area contributed by atoms with Gasteiger partial charge in [-0.15, -0.1) is 0 Å². The van der Waals surface area contributed by atoms with E-state index in [4.69, 9.17) is 14.2 Å². The molecule has 0 saturated heterocycles. The van der Waals surface area contributed by atoms with Gasteiger partial charge in [0.15, 0.2) is 0 Å². The molecule has 2 N–H and O–H groups in total. The molecule has 16 heteroatoms. The van der Waals surface area contributed by atoms with E-state index in [9.17, 15) is 54.1 Å². The van der Waals surface area contributed by atoms with Crippen LogP contribution in [0.5, 0.6) is 0 Å². The molecule has 0 aliphatic rings. The van der Waals surface area contributed by atoms with Gasteiger partial charge in [-0.1, -0.05) is 13.8 Å². The molecule has 6 nitrogen and oxygen atoms in total. The van der Waals surface area contributed by atoms with Gasteiger partial charge < -0.3 is 29.2 Å².